The maximum Gasteiger partial charge on any atom is 0.261 e. The van der Waals surface area contributed by atoms with E-state index in [1.165, 1.54) is 55.5 Å². The van der Waals surface area contributed by atoms with Crippen LogP contribution in [-0.4, -0.2) is 32.7 Å². The van der Waals surface area contributed by atoms with Gasteiger partial charge in [0.05, 0.1) is 17.4 Å². The Morgan fingerprint density at radius 1 is 0.926 bits per heavy atom. The van der Waals surface area contributed by atoms with E-state index in [2.05, 4.69) is 15.4 Å². The number of nitrogens with one attached hydrogen (secondary N) is 3. The summed E-state index contributed by atoms with van der Waals surface area (Å²) in [6.45, 7) is 0.719. The summed E-state index contributed by atoms with van der Waals surface area (Å²) in [6.07, 6.45) is 0. The Morgan fingerprint density at radius 2 is 1.48 bits per heavy atom. The third-order valence-corrected chi connectivity index (χ3v) is 4.67. The molecule has 0 aromatic heterocycles. The van der Waals surface area contributed by atoms with E-state index >= 15 is 0 Å². The van der Waals surface area contributed by atoms with Gasteiger partial charge in [-0.15, -0.1) is 0 Å². The second-order valence-corrected chi connectivity index (χ2v) is 7.13. The predicted molar refractivity (Wildman–Crippen MR) is 95.3 cm³/mol. The highest BCUT2D eigenvalue weighted by Gasteiger charge is 2.14. The normalized spacial score (nSPS) is 10.7. The Labute approximate surface area is 155 Å². The second-order valence-electron chi connectivity index (χ2n) is 5.44. The fourth-order valence-electron chi connectivity index (χ4n) is 2.08. The molecule has 0 radical (unpaired) electrons. The van der Waals surface area contributed by atoms with Crippen molar-refractivity contribution in [1.82, 2.24) is 5.32 Å². The van der Waals surface area contributed by atoms with Crippen LogP contribution >= 0.6 is 0 Å². The molecule has 2 aromatic carbocycles. The van der Waals surface area contributed by atoms with Crippen molar-refractivity contribution in [3.63, 3.8) is 0 Å². The predicted octanol–water partition coefficient (Wildman–Crippen LogP) is -0.0745. The van der Waals surface area contributed by atoms with Crippen LogP contribution in [0.5, 0.6) is 0 Å². The molecule has 3 N–H and O–H groups in total. The molecule has 2 aromatic rings. The number of benzene rings is 2. The molecule has 0 aliphatic heterocycles. The summed E-state index contributed by atoms with van der Waals surface area (Å²) in [5.41, 5.74) is 0.852. The Morgan fingerprint density at radius 3 is 2.00 bits per heavy atom. The van der Waals surface area contributed by atoms with Crippen molar-refractivity contribution in [3.8, 4) is 0 Å². The molecule has 0 bridgehead atoms. The van der Waals surface area contributed by atoms with Gasteiger partial charge in [0.25, 0.3) is 15.9 Å². The lowest BCUT2D eigenvalue weighted by Crippen LogP contribution is -2.37. The Bertz CT molecular complexity index is 953. The fraction of sp³-hybridized carbons (Fsp3) is 0.118. The first-order valence-electron chi connectivity index (χ1n) is 7.66. The van der Waals surface area contributed by atoms with Gasteiger partial charge in [0, 0.05) is 23.9 Å². The summed E-state index contributed by atoms with van der Waals surface area (Å²) < 4.78 is 27.1. The van der Waals surface area contributed by atoms with Gasteiger partial charge >= 0.3 is 0 Å². The first kappa shape index (κ1) is 19.9. The summed E-state index contributed by atoms with van der Waals surface area (Å²) in [6, 6.07) is 11.0. The Balaban J connectivity index is 2.07. The quantitative estimate of drug-likeness (QED) is 0.603. The van der Waals surface area contributed by atoms with Gasteiger partial charge < -0.3 is 20.5 Å². The number of carboxylic acid groups (broad SMARTS) is 1. The largest absolute Gasteiger partial charge is 0.548 e. The lowest BCUT2D eigenvalue weighted by atomic mass is 10.2. The van der Waals surface area contributed by atoms with E-state index in [0.717, 1.165) is 0 Å². The minimum Gasteiger partial charge on any atom is -0.548 e. The van der Waals surface area contributed by atoms with Gasteiger partial charge in [0.15, 0.2) is 0 Å². The van der Waals surface area contributed by atoms with Crippen LogP contribution in [0.2, 0.25) is 0 Å². The van der Waals surface area contributed by atoms with Gasteiger partial charge in [-0.3, -0.25) is 14.3 Å². The lowest BCUT2D eigenvalue weighted by molar-refractivity contribution is -0.303. The maximum atomic E-state index is 12.4. The molecule has 2 amide bonds. The van der Waals surface area contributed by atoms with Crippen molar-refractivity contribution >= 4 is 39.2 Å². The average molecular weight is 390 g/mol. The van der Waals surface area contributed by atoms with Gasteiger partial charge in [-0.1, -0.05) is 0 Å². The number of rotatable bonds is 7. The van der Waals surface area contributed by atoms with Crippen LogP contribution in [0.1, 0.15) is 17.3 Å². The number of anilines is 2. The Hall–Kier alpha value is -3.40. The molecule has 0 heterocycles. The van der Waals surface area contributed by atoms with Crippen molar-refractivity contribution < 1.29 is 27.9 Å². The van der Waals surface area contributed by atoms with Crippen molar-refractivity contribution in [2.45, 2.75) is 11.8 Å². The molecule has 2 rings (SSSR count). The molecule has 0 fully saturated rings. The molecule has 0 aliphatic carbocycles. The third-order valence-electron chi connectivity index (χ3n) is 3.28. The minimum absolute atomic E-state index is 0.00706. The van der Waals surface area contributed by atoms with Gasteiger partial charge in [-0.05, 0) is 48.5 Å². The number of carboxylic acids is 1. The smallest absolute Gasteiger partial charge is 0.261 e. The molecular formula is C17H16N3O6S-. The van der Waals surface area contributed by atoms with Crippen molar-refractivity contribution in [2.75, 3.05) is 16.6 Å². The number of hydrogen-bond donors (Lipinski definition) is 3. The number of aliphatic carboxylic acids is 1. The van der Waals surface area contributed by atoms with Crippen LogP contribution in [0.15, 0.2) is 53.4 Å². The molecule has 27 heavy (non-hydrogen) atoms. The summed E-state index contributed by atoms with van der Waals surface area (Å²) in [5.74, 6) is -2.31. The van der Waals surface area contributed by atoms with Crippen LogP contribution in [0.4, 0.5) is 11.4 Å². The molecule has 9 nitrogen and oxygen atoms in total. The van der Waals surface area contributed by atoms with Crippen molar-refractivity contribution in [2.24, 2.45) is 0 Å². The van der Waals surface area contributed by atoms with Crippen LogP contribution < -0.4 is 20.5 Å². The summed E-state index contributed by atoms with van der Waals surface area (Å²) in [5, 5.41) is 15.0. The second kappa shape index (κ2) is 8.32. The van der Waals surface area contributed by atoms with Gasteiger partial charge in [0.2, 0.25) is 5.91 Å². The van der Waals surface area contributed by atoms with Gasteiger partial charge in [0.1, 0.15) is 0 Å². The molecule has 10 heteroatoms. The fourth-order valence-corrected chi connectivity index (χ4v) is 3.14. The average Bonchev–Trinajstić information content (AvgIpc) is 2.60. The molecule has 0 unspecified atom stereocenters. The molecule has 142 valence electrons. The number of carbonyl (C=O) groups is 3. The van der Waals surface area contributed by atoms with Gasteiger partial charge in [-0.2, -0.15) is 0 Å². The lowest BCUT2D eigenvalue weighted by Gasteiger charge is -2.10. The number of carbonyl (C=O) groups excluding carboxylic acids is 3. The number of hydrogen-bond acceptors (Lipinski definition) is 6. The highest BCUT2D eigenvalue weighted by molar-refractivity contribution is 7.92. The van der Waals surface area contributed by atoms with Crippen molar-refractivity contribution in [1.29, 1.82) is 0 Å². The van der Waals surface area contributed by atoms with E-state index in [-0.39, 0.29) is 22.1 Å². The molecule has 0 saturated carbocycles. The third kappa shape index (κ3) is 5.82. The highest BCUT2D eigenvalue weighted by atomic mass is 32.2. The monoisotopic (exact) mass is 390 g/mol. The van der Waals surface area contributed by atoms with Crippen LogP contribution in [0.3, 0.4) is 0 Å². The van der Waals surface area contributed by atoms with Crippen molar-refractivity contribution in [3.05, 3.63) is 54.1 Å². The summed E-state index contributed by atoms with van der Waals surface area (Å²) in [7, 11) is -3.86. The van der Waals surface area contributed by atoms with Crippen LogP contribution in [0, 0.1) is 0 Å². The summed E-state index contributed by atoms with van der Waals surface area (Å²) >= 11 is 0. The highest BCUT2D eigenvalue weighted by Crippen LogP contribution is 2.18. The molecule has 0 aliphatic rings. The zero-order valence-electron chi connectivity index (χ0n) is 14.2. The number of sulfonamides is 1. The van der Waals surface area contributed by atoms with E-state index in [1.54, 1.807) is 0 Å². The van der Waals surface area contributed by atoms with Crippen LogP contribution in [0.25, 0.3) is 0 Å². The Kier molecular flexibility index (Phi) is 6.14. The van der Waals surface area contributed by atoms with E-state index in [9.17, 15) is 27.9 Å². The minimum atomic E-state index is -3.86. The van der Waals surface area contributed by atoms with E-state index in [1.807, 2.05) is 0 Å². The van der Waals surface area contributed by atoms with E-state index < -0.39 is 28.4 Å². The summed E-state index contributed by atoms with van der Waals surface area (Å²) in [4.78, 5) is 33.0. The van der Waals surface area contributed by atoms with Gasteiger partial charge in [-0.25, -0.2) is 8.42 Å². The first-order valence-corrected chi connectivity index (χ1v) is 9.14. The molecule has 0 atom stereocenters. The topological polar surface area (TPSA) is 144 Å². The molecule has 0 spiro atoms. The van der Waals surface area contributed by atoms with E-state index in [0.29, 0.717) is 5.69 Å². The molecular weight excluding hydrogens is 374 g/mol. The maximum absolute atomic E-state index is 12.4. The zero-order valence-corrected chi connectivity index (χ0v) is 15.0. The van der Waals surface area contributed by atoms with Crippen LogP contribution in [-0.2, 0) is 19.6 Å². The number of amides is 2. The SMILES string of the molecule is CC(=O)Nc1ccc(S(=O)(=O)Nc2ccc(C(=O)NCC(=O)[O-])cc2)cc1. The van der Waals surface area contributed by atoms with E-state index in [4.69, 9.17) is 0 Å². The molecule has 0 saturated heterocycles. The standard InChI is InChI=1S/C17H17N3O6S/c1-11(21)19-13-6-8-15(9-7-13)27(25,26)20-14-4-2-12(3-5-14)17(24)18-10-16(22)23/h2-9,20H,10H2,1H3,(H,18,24)(H,19,21)(H,22,23)/p-1. The first-order chi connectivity index (χ1) is 12.7. The zero-order chi connectivity index (χ0) is 20.0.